The molecule has 0 saturated heterocycles. The van der Waals surface area contributed by atoms with Crippen molar-refractivity contribution in [1.82, 2.24) is 0 Å². The van der Waals surface area contributed by atoms with Gasteiger partial charge in [-0.15, -0.1) is 0 Å². The fourth-order valence-electron chi connectivity index (χ4n) is 1.54. The van der Waals surface area contributed by atoms with Gasteiger partial charge in [-0.25, -0.2) is 13.9 Å². The van der Waals surface area contributed by atoms with Gasteiger partial charge in [0.05, 0.1) is 5.69 Å². The number of hydrogen-bond donors (Lipinski definition) is 2. The monoisotopic (exact) mass is 498 g/mol. The van der Waals surface area contributed by atoms with Crippen molar-refractivity contribution in [2.75, 3.05) is 10.6 Å². The minimum Gasteiger partial charge on any atom is -1.00 e. The van der Waals surface area contributed by atoms with Crippen molar-refractivity contribution in [3.63, 3.8) is 0 Å². The van der Waals surface area contributed by atoms with Gasteiger partial charge in [-0.05, 0) is 6.07 Å². The van der Waals surface area contributed by atoms with E-state index in [1.54, 1.807) is 0 Å². The second-order valence-corrected chi connectivity index (χ2v) is 4.09. The van der Waals surface area contributed by atoms with Crippen LogP contribution in [-0.4, -0.2) is 6.03 Å². The van der Waals surface area contributed by atoms with E-state index in [2.05, 4.69) is 10.6 Å². The van der Waals surface area contributed by atoms with Crippen LogP contribution in [0.5, 0.6) is 0 Å². The van der Waals surface area contributed by atoms with Crippen LogP contribution in [0.3, 0.4) is 0 Å². The molecule has 2 aromatic heterocycles. The average Bonchev–Trinajstić information content (AvgIpc) is 2.32. The number of pyridine rings is 2. The van der Waals surface area contributed by atoms with E-state index in [0.29, 0.717) is 0 Å². The van der Waals surface area contributed by atoms with E-state index in [-0.39, 0.29) is 54.0 Å². The fourth-order valence-corrected chi connectivity index (χ4v) is 1.54. The van der Waals surface area contributed by atoms with Crippen LogP contribution in [0.15, 0.2) is 49.1 Å². The van der Waals surface area contributed by atoms with Crippen LogP contribution >= 0.6 is 0 Å². The van der Waals surface area contributed by atoms with Gasteiger partial charge in [0.1, 0.15) is 19.8 Å². The summed E-state index contributed by atoms with van der Waals surface area (Å²) in [5.41, 5.74) is 1.50. The molecular formula is C13H16I2N4O. The average molecular weight is 498 g/mol. The van der Waals surface area contributed by atoms with Crippen molar-refractivity contribution in [2.24, 2.45) is 14.1 Å². The molecule has 0 fully saturated rings. The highest BCUT2D eigenvalue weighted by atomic mass is 127. The van der Waals surface area contributed by atoms with Crippen molar-refractivity contribution in [1.29, 1.82) is 0 Å². The maximum Gasteiger partial charge on any atom is 0.323 e. The number of nitrogens with zero attached hydrogens (tertiary/aromatic N) is 2. The smallest absolute Gasteiger partial charge is 0.323 e. The van der Waals surface area contributed by atoms with E-state index >= 15 is 0 Å². The molecule has 0 spiro atoms. The Labute approximate surface area is 152 Å². The molecule has 0 aliphatic carbocycles. The standard InChI is InChI=1S/C13H14N4O.2HI/c1-16-8-5-11(6-9-16)14-13(18)15-12-4-3-7-17(2)10-12;;/h3-10H,1-2H3;2*1H. The molecule has 0 aliphatic heterocycles. The van der Waals surface area contributed by atoms with Crippen molar-refractivity contribution >= 4 is 17.4 Å². The molecule has 2 aromatic rings. The molecule has 2 rings (SSSR count). The summed E-state index contributed by atoms with van der Waals surface area (Å²) in [6, 6.07) is 7.13. The molecule has 2 N–H and O–H groups in total. The van der Waals surface area contributed by atoms with E-state index in [4.69, 9.17) is 0 Å². The summed E-state index contributed by atoms with van der Waals surface area (Å²) < 4.78 is 3.78. The van der Waals surface area contributed by atoms with E-state index in [1.165, 1.54) is 0 Å². The van der Waals surface area contributed by atoms with Crippen molar-refractivity contribution < 1.29 is 61.9 Å². The molecule has 0 saturated carbocycles. The Morgan fingerprint density at radius 1 is 0.900 bits per heavy atom. The largest absolute Gasteiger partial charge is 1.00 e. The number of carbonyl (C=O) groups excluding carboxylic acids is 1. The van der Waals surface area contributed by atoms with Crippen LogP contribution < -0.4 is 67.7 Å². The van der Waals surface area contributed by atoms with Crippen LogP contribution in [0, 0.1) is 0 Å². The minimum atomic E-state index is -0.255. The number of urea groups is 1. The summed E-state index contributed by atoms with van der Waals surface area (Å²) in [5.74, 6) is 0. The lowest BCUT2D eigenvalue weighted by atomic mass is 10.4. The topological polar surface area (TPSA) is 48.9 Å². The zero-order chi connectivity index (χ0) is 13.0. The number of aryl methyl sites for hydroxylation is 2. The molecule has 7 heteroatoms. The first-order valence-corrected chi connectivity index (χ1v) is 5.62. The molecule has 0 unspecified atom stereocenters. The third kappa shape index (κ3) is 5.99. The molecule has 0 aliphatic rings. The van der Waals surface area contributed by atoms with Gasteiger partial charge in [0.25, 0.3) is 0 Å². The number of hydrogen-bond acceptors (Lipinski definition) is 1. The second kappa shape index (κ2) is 9.06. The van der Waals surface area contributed by atoms with Crippen molar-refractivity contribution in [2.45, 2.75) is 0 Å². The number of carbonyl (C=O) groups is 1. The van der Waals surface area contributed by atoms with Crippen LogP contribution in [0.4, 0.5) is 16.2 Å². The summed E-state index contributed by atoms with van der Waals surface area (Å²) >= 11 is 0. The molecule has 20 heavy (non-hydrogen) atoms. The Balaban J connectivity index is 0.00000180. The first kappa shape index (κ1) is 19.0. The maximum atomic E-state index is 11.7. The third-order valence-electron chi connectivity index (χ3n) is 2.43. The zero-order valence-electron chi connectivity index (χ0n) is 11.2. The first-order chi connectivity index (χ1) is 8.63. The molecular weight excluding hydrogens is 482 g/mol. The van der Waals surface area contributed by atoms with Gasteiger partial charge >= 0.3 is 6.03 Å². The van der Waals surface area contributed by atoms with Crippen LogP contribution in [0.25, 0.3) is 0 Å². The maximum absolute atomic E-state index is 11.7. The van der Waals surface area contributed by atoms with Gasteiger partial charge in [0.2, 0.25) is 0 Å². The Bertz CT molecular complexity index is 561. The highest BCUT2D eigenvalue weighted by Gasteiger charge is 2.05. The fraction of sp³-hybridized carbons (Fsp3) is 0.154. The summed E-state index contributed by atoms with van der Waals surface area (Å²) in [7, 11) is 3.83. The second-order valence-electron chi connectivity index (χ2n) is 4.09. The van der Waals surface area contributed by atoms with Crippen LogP contribution in [0.2, 0.25) is 0 Å². The number of rotatable bonds is 2. The third-order valence-corrected chi connectivity index (χ3v) is 2.43. The van der Waals surface area contributed by atoms with E-state index in [1.807, 2.05) is 72.3 Å². The lowest BCUT2D eigenvalue weighted by molar-refractivity contribution is -0.671. The minimum absolute atomic E-state index is 0. The van der Waals surface area contributed by atoms with E-state index < -0.39 is 0 Å². The van der Waals surface area contributed by atoms with Crippen molar-refractivity contribution in [3.05, 3.63) is 49.1 Å². The van der Waals surface area contributed by atoms with Gasteiger partial charge in [0, 0.05) is 18.2 Å². The molecule has 0 aromatic carbocycles. The van der Waals surface area contributed by atoms with Gasteiger partial charge in [-0.3, -0.25) is 0 Å². The van der Waals surface area contributed by atoms with Gasteiger partial charge in [0.15, 0.2) is 24.8 Å². The molecule has 108 valence electrons. The predicted molar refractivity (Wildman–Crippen MR) is 67.9 cm³/mol. The predicted octanol–water partition coefficient (Wildman–Crippen LogP) is -5.01. The molecule has 0 radical (unpaired) electrons. The van der Waals surface area contributed by atoms with Crippen LogP contribution in [-0.2, 0) is 14.1 Å². The summed E-state index contributed by atoms with van der Waals surface area (Å²) in [4.78, 5) is 11.7. The Morgan fingerprint density at radius 3 is 2.10 bits per heavy atom. The molecule has 0 atom stereocenters. The molecule has 2 amide bonds. The Morgan fingerprint density at radius 2 is 1.50 bits per heavy atom. The quantitative estimate of drug-likeness (QED) is 0.317. The van der Waals surface area contributed by atoms with E-state index in [0.717, 1.165) is 11.4 Å². The first-order valence-electron chi connectivity index (χ1n) is 5.62. The summed E-state index contributed by atoms with van der Waals surface area (Å²) in [6.45, 7) is 0. The molecule has 0 bridgehead atoms. The van der Waals surface area contributed by atoms with Crippen LogP contribution in [0.1, 0.15) is 0 Å². The number of nitrogens with one attached hydrogen (secondary N) is 2. The van der Waals surface area contributed by atoms with Gasteiger partial charge < -0.3 is 58.6 Å². The Kier molecular flexibility index (Phi) is 8.62. The number of anilines is 2. The number of halogens is 2. The highest BCUT2D eigenvalue weighted by Crippen LogP contribution is 2.05. The van der Waals surface area contributed by atoms with Gasteiger partial charge in [-0.2, -0.15) is 0 Å². The zero-order valence-corrected chi connectivity index (χ0v) is 15.5. The SMILES string of the molecule is C[n+]1ccc(NC(=O)Nc2ccc[n+](C)c2)cc1.[I-].[I-]. The van der Waals surface area contributed by atoms with Crippen molar-refractivity contribution in [3.8, 4) is 0 Å². The lowest BCUT2D eigenvalue weighted by Gasteiger charge is -2.05. The number of amides is 2. The van der Waals surface area contributed by atoms with Gasteiger partial charge in [-0.1, -0.05) is 0 Å². The molecule has 5 nitrogen and oxygen atoms in total. The molecule has 2 heterocycles. The normalized spacial score (nSPS) is 8.90. The summed E-state index contributed by atoms with van der Waals surface area (Å²) in [5, 5.41) is 5.53. The Hall–Kier alpha value is -0.970. The lowest BCUT2D eigenvalue weighted by Crippen LogP contribution is -3.00. The van der Waals surface area contributed by atoms with E-state index in [9.17, 15) is 4.79 Å². The highest BCUT2D eigenvalue weighted by molar-refractivity contribution is 5.99. The number of aromatic nitrogens is 2. The summed E-state index contributed by atoms with van der Waals surface area (Å²) in [6.07, 6.45) is 7.49.